The number of nitrogens with zero attached hydrogens (tertiary/aromatic N) is 3. The van der Waals surface area contributed by atoms with Gasteiger partial charge in [0.25, 0.3) is 0 Å². The van der Waals surface area contributed by atoms with Gasteiger partial charge in [-0.2, -0.15) is 5.10 Å². The van der Waals surface area contributed by atoms with Crippen molar-refractivity contribution in [3.05, 3.63) is 47.3 Å². The molecule has 1 saturated heterocycles. The average molecular weight is 330 g/mol. The first-order chi connectivity index (χ1) is 11.6. The Balaban J connectivity index is 1.42. The van der Waals surface area contributed by atoms with E-state index in [1.165, 1.54) is 17.7 Å². The number of amides is 1. The minimum atomic E-state index is -0.194. The predicted octanol–water partition coefficient (Wildman–Crippen LogP) is 2.67. The van der Waals surface area contributed by atoms with Gasteiger partial charge in [-0.25, -0.2) is 9.37 Å². The molecular weight excluding hydrogens is 307 g/mol. The number of aromatic amines is 1. The number of carbonyl (C=O) groups excluding carboxylic acids is 1. The molecule has 1 fully saturated rings. The Morgan fingerprint density at radius 1 is 1.29 bits per heavy atom. The van der Waals surface area contributed by atoms with E-state index in [2.05, 4.69) is 15.2 Å². The molecule has 0 aliphatic carbocycles. The predicted molar refractivity (Wildman–Crippen MR) is 88.8 cm³/mol. The maximum atomic E-state index is 12.9. The number of aryl methyl sites for hydroxylation is 2. The Morgan fingerprint density at radius 3 is 2.62 bits per heavy atom. The van der Waals surface area contributed by atoms with Crippen LogP contribution in [0.2, 0.25) is 0 Å². The summed E-state index contributed by atoms with van der Waals surface area (Å²) < 4.78 is 12.9. The van der Waals surface area contributed by atoms with Crippen molar-refractivity contribution in [3.8, 4) is 0 Å². The summed E-state index contributed by atoms with van der Waals surface area (Å²) in [6, 6.07) is 6.73. The summed E-state index contributed by atoms with van der Waals surface area (Å²) in [4.78, 5) is 18.5. The smallest absolute Gasteiger partial charge is 0.223 e. The maximum Gasteiger partial charge on any atom is 0.223 e. The number of benzene rings is 1. The quantitative estimate of drug-likeness (QED) is 0.917. The van der Waals surface area contributed by atoms with E-state index >= 15 is 0 Å². The van der Waals surface area contributed by atoms with Gasteiger partial charge < -0.3 is 4.90 Å². The fraction of sp³-hybridized carbons (Fsp3) is 0.500. The lowest BCUT2D eigenvalue weighted by Gasteiger charge is -2.32. The number of piperidine rings is 1. The van der Waals surface area contributed by atoms with Gasteiger partial charge in [-0.15, -0.1) is 0 Å². The fourth-order valence-electron chi connectivity index (χ4n) is 3.22. The van der Waals surface area contributed by atoms with E-state index in [1.807, 2.05) is 24.0 Å². The van der Waals surface area contributed by atoms with Crippen molar-refractivity contribution in [2.24, 2.45) is 5.92 Å². The van der Waals surface area contributed by atoms with E-state index in [-0.39, 0.29) is 11.7 Å². The largest absolute Gasteiger partial charge is 0.343 e. The highest BCUT2D eigenvalue weighted by molar-refractivity contribution is 5.76. The van der Waals surface area contributed by atoms with Crippen LogP contribution in [-0.4, -0.2) is 39.1 Å². The summed E-state index contributed by atoms with van der Waals surface area (Å²) in [6.07, 6.45) is 4.00. The molecule has 1 N–H and O–H groups in total. The molecule has 5 nitrogen and oxygen atoms in total. The normalized spacial score (nSPS) is 15.7. The molecule has 0 spiro atoms. The minimum Gasteiger partial charge on any atom is -0.343 e. The van der Waals surface area contributed by atoms with Crippen LogP contribution < -0.4 is 0 Å². The highest BCUT2D eigenvalue weighted by Gasteiger charge is 2.23. The van der Waals surface area contributed by atoms with Crippen molar-refractivity contribution in [1.82, 2.24) is 20.1 Å². The third-order valence-corrected chi connectivity index (χ3v) is 4.61. The summed E-state index contributed by atoms with van der Waals surface area (Å²) in [6.45, 7) is 3.46. The molecule has 24 heavy (non-hydrogen) atoms. The minimum absolute atomic E-state index is 0.178. The standard InChI is InChI=1S/C18H23FN4O/c1-13-20-17(22-21-13)6-7-18(24)23-10-8-15(9-11-23)12-14-2-4-16(19)5-3-14/h2-5,15H,6-12H2,1H3,(H,20,21,22). The lowest BCUT2D eigenvalue weighted by Crippen LogP contribution is -2.39. The second-order valence-corrected chi connectivity index (χ2v) is 6.49. The molecule has 3 rings (SSSR count). The van der Waals surface area contributed by atoms with Crippen molar-refractivity contribution in [2.75, 3.05) is 13.1 Å². The Kier molecular flexibility index (Phi) is 5.23. The molecule has 1 aromatic carbocycles. The number of nitrogens with one attached hydrogen (secondary N) is 1. The number of H-pyrrole nitrogens is 1. The third-order valence-electron chi connectivity index (χ3n) is 4.61. The zero-order valence-corrected chi connectivity index (χ0v) is 14.0. The first kappa shape index (κ1) is 16.6. The maximum absolute atomic E-state index is 12.9. The van der Waals surface area contributed by atoms with Gasteiger partial charge in [0, 0.05) is 25.9 Å². The zero-order valence-electron chi connectivity index (χ0n) is 14.0. The van der Waals surface area contributed by atoms with Gasteiger partial charge in [0.15, 0.2) is 5.82 Å². The van der Waals surface area contributed by atoms with Crippen LogP contribution in [0.3, 0.4) is 0 Å². The van der Waals surface area contributed by atoms with Crippen LogP contribution in [0, 0.1) is 18.7 Å². The van der Waals surface area contributed by atoms with Crippen LogP contribution in [0.5, 0.6) is 0 Å². The second kappa shape index (κ2) is 7.55. The number of rotatable bonds is 5. The van der Waals surface area contributed by atoms with Gasteiger partial charge >= 0.3 is 0 Å². The lowest BCUT2D eigenvalue weighted by atomic mass is 9.90. The molecule has 0 bridgehead atoms. The summed E-state index contributed by atoms with van der Waals surface area (Å²) in [7, 11) is 0. The Morgan fingerprint density at radius 2 is 2.00 bits per heavy atom. The van der Waals surface area contributed by atoms with E-state index in [0.29, 0.717) is 24.6 Å². The fourth-order valence-corrected chi connectivity index (χ4v) is 3.22. The number of hydrogen-bond acceptors (Lipinski definition) is 3. The Labute approximate surface area is 141 Å². The number of carbonyl (C=O) groups is 1. The number of aromatic nitrogens is 3. The number of hydrogen-bond donors (Lipinski definition) is 1. The summed E-state index contributed by atoms with van der Waals surface area (Å²) >= 11 is 0. The number of halogens is 1. The van der Waals surface area contributed by atoms with E-state index < -0.39 is 0 Å². The summed E-state index contributed by atoms with van der Waals surface area (Å²) in [5, 5.41) is 6.86. The van der Waals surface area contributed by atoms with Crippen molar-refractivity contribution in [2.45, 2.75) is 39.0 Å². The molecule has 0 atom stereocenters. The molecule has 0 unspecified atom stereocenters. The van der Waals surface area contributed by atoms with Gasteiger partial charge in [-0.3, -0.25) is 9.89 Å². The molecule has 0 saturated carbocycles. The monoisotopic (exact) mass is 330 g/mol. The molecule has 1 aromatic heterocycles. The Bertz CT molecular complexity index is 675. The topological polar surface area (TPSA) is 61.9 Å². The molecule has 1 aliphatic heterocycles. The molecule has 128 valence electrons. The van der Waals surface area contributed by atoms with Gasteiger partial charge in [0.2, 0.25) is 5.91 Å². The van der Waals surface area contributed by atoms with Gasteiger partial charge in [-0.1, -0.05) is 12.1 Å². The van der Waals surface area contributed by atoms with Gasteiger partial charge in [-0.05, 0) is 49.8 Å². The van der Waals surface area contributed by atoms with Gasteiger partial charge in [0.05, 0.1) is 0 Å². The molecule has 1 amide bonds. The van der Waals surface area contributed by atoms with E-state index in [9.17, 15) is 9.18 Å². The van der Waals surface area contributed by atoms with Crippen molar-refractivity contribution >= 4 is 5.91 Å². The average Bonchev–Trinajstić information content (AvgIpc) is 3.01. The molecular formula is C18H23FN4O. The molecule has 2 aromatic rings. The number of likely N-dealkylation sites (tertiary alicyclic amines) is 1. The van der Waals surface area contributed by atoms with E-state index in [0.717, 1.165) is 38.2 Å². The second-order valence-electron chi connectivity index (χ2n) is 6.49. The van der Waals surface area contributed by atoms with Crippen molar-refractivity contribution in [1.29, 1.82) is 0 Å². The highest BCUT2D eigenvalue weighted by atomic mass is 19.1. The van der Waals surface area contributed by atoms with Crippen LogP contribution >= 0.6 is 0 Å². The molecule has 0 radical (unpaired) electrons. The summed E-state index contributed by atoms with van der Waals surface area (Å²) in [5.41, 5.74) is 1.17. The van der Waals surface area contributed by atoms with Crippen LogP contribution in [0.15, 0.2) is 24.3 Å². The molecule has 6 heteroatoms. The van der Waals surface area contributed by atoms with Crippen LogP contribution in [0.4, 0.5) is 4.39 Å². The summed E-state index contributed by atoms with van der Waals surface area (Å²) in [5.74, 6) is 2.03. The first-order valence-corrected chi connectivity index (χ1v) is 8.50. The van der Waals surface area contributed by atoms with E-state index in [1.54, 1.807) is 0 Å². The SMILES string of the molecule is Cc1nc(CCC(=O)N2CCC(Cc3ccc(F)cc3)CC2)n[nH]1. The van der Waals surface area contributed by atoms with Gasteiger partial charge in [0.1, 0.15) is 11.6 Å². The van der Waals surface area contributed by atoms with Crippen LogP contribution in [-0.2, 0) is 17.6 Å². The third kappa shape index (κ3) is 4.40. The Hall–Kier alpha value is -2.24. The van der Waals surface area contributed by atoms with Crippen LogP contribution in [0.25, 0.3) is 0 Å². The van der Waals surface area contributed by atoms with Crippen LogP contribution in [0.1, 0.15) is 36.5 Å². The molecule has 1 aliphatic rings. The molecule has 2 heterocycles. The van der Waals surface area contributed by atoms with E-state index in [4.69, 9.17) is 0 Å². The van der Waals surface area contributed by atoms with Crippen molar-refractivity contribution < 1.29 is 9.18 Å². The highest BCUT2D eigenvalue weighted by Crippen LogP contribution is 2.22. The first-order valence-electron chi connectivity index (χ1n) is 8.50. The zero-order chi connectivity index (χ0) is 16.9. The van der Waals surface area contributed by atoms with Crippen molar-refractivity contribution in [3.63, 3.8) is 0 Å². The lowest BCUT2D eigenvalue weighted by molar-refractivity contribution is -0.132.